The van der Waals surface area contributed by atoms with Crippen LogP contribution in [0.2, 0.25) is 0 Å². The van der Waals surface area contributed by atoms with Crippen molar-refractivity contribution in [1.29, 1.82) is 0 Å². The number of hydrogen-bond acceptors (Lipinski definition) is 12. The molecule has 7 heterocycles. The maximum absolute atomic E-state index is 14.8. The number of esters is 1. The number of pyridine rings is 2. The largest absolute Gasteiger partial charge is 0.508 e. The Balaban J connectivity index is 0.000000155. The molecule has 1 aliphatic carbocycles. The topological polar surface area (TPSA) is 214 Å². The van der Waals surface area contributed by atoms with Gasteiger partial charge >= 0.3 is 11.7 Å². The third-order valence-electron chi connectivity index (χ3n) is 14.0. The summed E-state index contributed by atoms with van der Waals surface area (Å²) < 4.78 is 28.0. The predicted octanol–water partition coefficient (Wildman–Crippen LogP) is 4.15. The van der Waals surface area contributed by atoms with Gasteiger partial charge in [0, 0.05) is 55.9 Å². The van der Waals surface area contributed by atoms with Crippen LogP contribution in [-0.2, 0) is 50.0 Å². The first-order chi connectivity index (χ1) is 31.8. The van der Waals surface area contributed by atoms with Crippen LogP contribution in [0.25, 0.3) is 39.4 Å². The summed E-state index contributed by atoms with van der Waals surface area (Å²) in [7, 11) is 1.53. The van der Waals surface area contributed by atoms with E-state index in [-0.39, 0.29) is 65.9 Å². The molecule has 3 aromatic carbocycles. The third-order valence-corrected chi connectivity index (χ3v) is 14.0. The fraction of sp³-hybridized carbons (Fsp3) is 0.354. The smallest absolute Gasteiger partial charge is 0.348 e. The lowest BCUT2D eigenvalue weighted by Gasteiger charge is -2.62. The summed E-state index contributed by atoms with van der Waals surface area (Å²) in [5, 5.41) is 30.4. The SMILES string of the molecule is CCC1C(=O)OCc2c1cc1n(c2=O)Cc2c-1nc1cc(F)c(C)c3c1c2C(NC=O)CC3.COCC(=O)N1CC2[C@H]1CN2Cc1ccc(-n2c(-c3cc(C)c(O)cc3O)n[nH]c2=O)cc1. The van der Waals surface area contributed by atoms with Crippen molar-refractivity contribution >= 4 is 29.2 Å². The molecule has 11 rings (SSSR count). The van der Waals surface area contributed by atoms with Crippen LogP contribution >= 0.6 is 0 Å². The summed E-state index contributed by atoms with van der Waals surface area (Å²) in [6.07, 6.45) is 2.49. The van der Waals surface area contributed by atoms with Crippen LogP contribution in [0.4, 0.5) is 4.39 Å². The van der Waals surface area contributed by atoms with E-state index in [1.54, 1.807) is 24.5 Å². The van der Waals surface area contributed by atoms with Crippen LogP contribution < -0.4 is 16.6 Å². The fourth-order valence-electron chi connectivity index (χ4n) is 10.4. The average molecular weight is 899 g/mol. The molecule has 66 heavy (non-hydrogen) atoms. The molecule has 18 heteroatoms. The molecule has 0 spiro atoms. The first kappa shape index (κ1) is 42.8. The number of piperazine rings is 1. The number of aromatic nitrogens is 5. The monoisotopic (exact) mass is 898 g/mol. The third kappa shape index (κ3) is 6.76. The van der Waals surface area contributed by atoms with Gasteiger partial charge < -0.3 is 34.5 Å². The maximum atomic E-state index is 14.8. The van der Waals surface area contributed by atoms with Crippen molar-refractivity contribution in [1.82, 2.24) is 39.4 Å². The maximum Gasteiger partial charge on any atom is 0.348 e. The van der Waals surface area contributed by atoms with E-state index in [0.29, 0.717) is 88.7 Å². The fourth-order valence-corrected chi connectivity index (χ4v) is 10.4. The Hall–Kier alpha value is -7.18. The van der Waals surface area contributed by atoms with Crippen LogP contribution in [0.5, 0.6) is 11.5 Å². The normalized spacial score (nSPS) is 19.9. The second kappa shape index (κ2) is 16.4. The molecule has 2 saturated heterocycles. The molecule has 0 saturated carbocycles. The number of likely N-dealkylation sites (tertiary alicyclic amines) is 2. The van der Waals surface area contributed by atoms with Gasteiger partial charge in [-0.1, -0.05) is 19.1 Å². The summed E-state index contributed by atoms with van der Waals surface area (Å²) in [6, 6.07) is 14.2. The van der Waals surface area contributed by atoms with Gasteiger partial charge in [-0.2, -0.15) is 5.10 Å². The van der Waals surface area contributed by atoms with Gasteiger partial charge in [-0.05, 0) is 90.8 Å². The van der Waals surface area contributed by atoms with Crippen molar-refractivity contribution in [2.45, 2.75) is 83.8 Å². The number of hydrogen-bond donors (Lipinski definition) is 4. The Morgan fingerprint density at radius 1 is 1.03 bits per heavy atom. The Morgan fingerprint density at radius 2 is 1.82 bits per heavy atom. The standard InChI is InChI=1S/C25H22FN3O4.C23H25N5O5/c1-3-12-14-6-20-23-15(8-29(20)24(31)16(14)9-33-25(12)32)22-18(27-10-30)5-4-13-11(2)17(26)7-19(28-23)21(13)22;1-13-7-16(20(30)8-19(13)29)22-24-25-23(32)28(22)15-5-3-14(4-6-15)9-26-10-18-17(26)11-27(18)21(31)12-33-2/h6-7,10,12,18H,3-5,8-9H2,1-2H3,(H,27,30);3-8,17-18,29-30H,9-12H2,1-2H3,(H,25,32)/t;17?,18-/m.1/s1. The number of rotatable bonds is 9. The van der Waals surface area contributed by atoms with Gasteiger partial charge in [0.1, 0.15) is 30.5 Å². The van der Waals surface area contributed by atoms with E-state index in [1.165, 1.54) is 23.8 Å². The number of ether oxygens (including phenoxy) is 2. The van der Waals surface area contributed by atoms with Gasteiger partial charge in [0.15, 0.2) is 5.82 Å². The second-order valence-electron chi connectivity index (χ2n) is 17.6. The number of aromatic amines is 1. The summed E-state index contributed by atoms with van der Waals surface area (Å²) in [4.78, 5) is 70.6. The Kier molecular flexibility index (Phi) is 10.6. The minimum absolute atomic E-state index is 0.0316. The molecule has 0 bridgehead atoms. The number of methoxy groups -OCH3 is 1. The highest BCUT2D eigenvalue weighted by Crippen LogP contribution is 2.45. The van der Waals surface area contributed by atoms with Crippen LogP contribution in [0.1, 0.15) is 76.2 Å². The van der Waals surface area contributed by atoms with E-state index in [4.69, 9.17) is 14.5 Å². The summed E-state index contributed by atoms with van der Waals surface area (Å²) in [6.45, 7) is 8.10. The molecule has 4 N–H and O–H groups in total. The molecule has 340 valence electrons. The first-order valence-corrected chi connectivity index (χ1v) is 21.9. The van der Waals surface area contributed by atoms with Gasteiger partial charge in [-0.3, -0.25) is 24.1 Å². The Labute approximate surface area is 376 Å². The minimum atomic E-state index is -0.494. The zero-order chi connectivity index (χ0) is 46.3. The molecule has 4 atom stereocenters. The number of phenols is 2. The molecule has 2 amide bonds. The molecule has 5 aliphatic rings. The highest BCUT2D eigenvalue weighted by molar-refractivity contribution is 5.93. The molecule has 17 nitrogen and oxygen atoms in total. The number of cyclic esters (lactones) is 1. The molecule has 6 aromatic rings. The summed E-state index contributed by atoms with van der Waals surface area (Å²) in [5.41, 5.74) is 8.22. The van der Waals surface area contributed by atoms with E-state index < -0.39 is 11.6 Å². The predicted molar refractivity (Wildman–Crippen MR) is 238 cm³/mol. The number of aromatic hydroxyl groups is 2. The number of nitrogens with one attached hydrogen (secondary N) is 2. The van der Waals surface area contributed by atoms with Gasteiger partial charge in [-0.15, -0.1) is 0 Å². The van der Waals surface area contributed by atoms with Crippen LogP contribution in [0.3, 0.4) is 0 Å². The van der Waals surface area contributed by atoms with Crippen molar-refractivity contribution in [3.05, 3.63) is 120 Å². The molecule has 2 fully saturated rings. The number of H-pyrrole nitrogens is 1. The van der Waals surface area contributed by atoms with Crippen molar-refractivity contribution in [2.75, 3.05) is 26.8 Å². The second-order valence-corrected chi connectivity index (χ2v) is 17.6. The summed E-state index contributed by atoms with van der Waals surface area (Å²) >= 11 is 0. The first-order valence-electron chi connectivity index (χ1n) is 21.9. The van der Waals surface area contributed by atoms with Gasteiger partial charge in [0.2, 0.25) is 12.3 Å². The average Bonchev–Trinajstić information content (AvgIpc) is 3.86. The van der Waals surface area contributed by atoms with Crippen LogP contribution in [0.15, 0.2) is 58.1 Å². The van der Waals surface area contributed by atoms with E-state index in [9.17, 15) is 38.6 Å². The van der Waals surface area contributed by atoms with Crippen LogP contribution in [0, 0.1) is 19.7 Å². The van der Waals surface area contributed by atoms with Crippen molar-refractivity contribution in [2.24, 2.45) is 0 Å². The number of aryl methyl sites for hydroxylation is 2. The van der Waals surface area contributed by atoms with E-state index >= 15 is 0 Å². The van der Waals surface area contributed by atoms with E-state index in [1.807, 2.05) is 42.2 Å². The van der Waals surface area contributed by atoms with Gasteiger partial charge in [0.25, 0.3) is 5.56 Å². The van der Waals surface area contributed by atoms with Crippen molar-refractivity contribution < 1.29 is 38.5 Å². The molecule has 3 unspecified atom stereocenters. The number of carbonyl (C=O) groups is 3. The number of benzene rings is 3. The number of amides is 2. The molecular weight excluding hydrogens is 852 g/mol. The number of halogens is 1. The highest BCUT2D eigenvalue weighted by Gasteiger charge is 2.53. The lowest BCUT2D eigenvalue weighted by Crippen LogP contribution is -2.79. The highest BCUT2D eigenvalue weighted by atomic mass is 19.1. The van der Waals surface area contributed by atoms with Gasteiger partial charge in [0.05, 0.1) is 58.3 Å². The number of fused-ring (bicyclic) bond motifs is 6. The zero-order valence-electron chi connectivity index (χ0n) is 36.7. The lowest BCUT2D eigenvalue weighted by molar-refractivity contribution is -0.170. The molecule has 3 aromatic heterocycles. The number of nitrogens with zero attached hydrogens (tertiary/aromatic N) is 6. The lowest BCUT2D eigenvalue weighted by atomic mass is 9.82. The van der Waals surface area contributed by atoms with Crippen LogP contribution in [-0.4, -0.2) is 102 Å². The zero-order valence-corrected chi connectivity index (χ0v) is 36.7. The Bertz CT molecular complexity index is 3140. The van der Waals surface area contributed by atoms with Gasteiger partial charge in [-0.25, -0.2) is 23.8 Å². The minimum Gasteiger partial charge on any atom is -0.508 e. The van der Waals surface area contributed by atoms with E-state index in [0.717, 1.165) is 47.3 Å². The molecule has 4 aliphatic heterocycles. The Morgan fingerprint density at radius 3 is 2.53 bits per heavy atom. The van der Waals surface area contributed by atoms with Crippen molar-refractivity contribution in [3.8, 4) is 40.0 Å². The number of phenolic OH excluding ortho intramolecular Hbond substituents is 2. The van der Waals surface area contributed by atoms with Crippen molar-refractivity contribution in [3.63, 3.8) is 0 Å². The molecular formula is C48H47FN8O9. The quantitative estimate of drug-likeness (QED) is 0.119. The van der Waals surface area contributed by atoms with E-state index in [2.05, 4.69) is 20.4 Å². The number of carbonyl (C=O) groups excluding carboxylic acids is 3. The summed E-state index contributed by atoms with van der Waals surface area (Å²) in [5.74, 6) is -1.03. The molecule has 0 radical (unpaired) electrons.